The van der Waals surface area contributed by atoms with Crippen molar-refractivity contribution in [3.05, 3.63) is 24.5 Å². The number of nitrogens with zero attached hydrogens (tertiary/aromatic N) is 3. The normalized spacial score (nSPS) is 11.3. The Morgan fingerprint density at radius 3 is 2.95 bits per heavy atom. The molecule has 6 heteroatoms. The predicted octanol–water partition coefficient (Wildman–Crippen LogP) is 1.25. The number of hydrogen-bond donors (Lipinski definition) is 3. The van der Waals surface area contributed by atoms with Crippen LogP contribution in [0.1, 0.15) is 0 Å². The molecule has 0 saturated carbocycles. The van der Waals surface area contributed by atoms with Crippen molar-refractivity contribution < 1.29 is 10.2 Å². The Balaban J connectivity index is 2.33. The van der Waals surface area contributed by atoms with E-state index in [1.807, 2.05) is 18.0 Å². The highest BCUT2D eigenvalue weighted by Gasteiger charge is 2.14. The summed E-state index contributed by atoms with van der Waals surface area (Å²) in [6, 6.07) is 5.12. The van der Waals surface area contributed by atoms with Crippen molar-refractivity contribution in [3.8, 4) is 5.75 Å². The summed E-state index contributed by atoms with van der Waals surface area (Å²) >= 11 is 0. The van der Waals surface area contributed by atoms with Crippen molar-refractivity contribution in [2.24, 2.45) is 0 Å². The molecule has 2 aromatic heterocycles. The van der Waals surface area contributed by atoms with Crippen LogP contribution in [0.5, 0.6) is 5.75 Å². The topological polar surface area (TPSA) is 85.3 Å². The van der Waals surface area contributed by atoms with Crippen LogP contribution in [-0.2, 0) is 0 Å². The Morgan fingerprint density at radius 2 is 2.16 bits per heavy atom. The van der Waals surface area contributed by atoms with Crippen LogP contribution >= 0.6 is 0 Å². The van der Waals surface area contributed by atoms with Crippen LogP contribution in [0.15, 0.2) is 24.5 Å². The minimum Gasteiger partial charge on any atom is -0.508 e. The molecule has 3 rings (SSSR count). The van der Waals surface area contributed by atoms with E-state index in [0.29, 0.717) is 6.54 Å². The molecular weight excluding hydrogens is 244 g/mol. The number of nitrogens with one attached hydrogen (secondary N) is 1. The van der Waals surface area contributed by atoms with Gasteiger partial charge in [-0.2, -0.15) is 0 Å². The molecule has 0 aliphatic carbocycles. The maximum atomic E-state index is 9.63. The monoisotopic (exact) mass is 258 g/mol. The molecule has 0 unspecified atom stereocenters. The van der Waals surface area contributed by atoms with Crippen molar-refractivity contribution in [1.82, 2.24) is 15.0 Å². The molecule has 0 spiro atoms. The van der Waals surface area contributed by atoms with Gasteiger partial charge in [0, 0.05) is 24.5 Å². The molecule has 98 valence electrons. The Kier molecular flexibility index (Phi) is 2.72. The van der Waals surface area contributed by atoms with E-state index in [1.54, 1.807) is 12.1 Å². The molecule has 0 saturated heterocycles. The van der Waals surface area contributed by atoms with E-state index in [1.165, 1.54) is 6.33 Å². The zero-order valence-electron chi connectivity index (χ0n) is 10.5. The molecule has 0 amide bonds. The van der Waals surface area contributed by atoms with Crippen LogP contribution in [-0.4, -0.2) is 45.4 Å². The molecule has 2 heterocycles. The van der Waals surface area contributed by atoms with E-state index in [4.69, 9.17) is 5.11 Å². The van der Waals surface area contributed by atoms with Gasteiger partial charge in [0.25, 0.3) is 0 Å². The number of aliphatic hydroxyl groups excluding tert-OH is 1. The molecule has 3 N–H and O–H groups in total. The molecule has 3 aromatic rings. The van der Waals surface area contributed by atoms with Gasteiger partial charge >= 0.3 is 0 Å². The van der Waals surface area contributed by atoms with Gasteiger partial charge in [-0.25, -0.2) is 9.97 Å². The van der Waals surface area contributed by atoms with Crippen molar-refractivity contribution in [2.45, 2.75) is 0 Å². The minimum absolute atomic E-state index is 0.0512. The van der Waals surface area contributed by atoms with Gasteiger partial charge in [0.05, 0.1) is 12.0 Å². The summed E-state index contributed by atoms with van der Waals surface area (Å²) in [4.78, 5) is 13.5. The van der Waals surface area contributed by atoms with Crippen molar-refractivity contribution in [2.75, 3.05) is 25.1 Å². The molecule has 0 atom stereocenters. The number of aromatic hydroxyl groups is 1. The highest BCUT2D eigenvalue weighted by Crippen LogP contribution is 2.32. The van der Waals surface area contributed by atoms with Crippen molar-refractivity contribution >= 4 is 27.8 Å². The first-order chi connectivity index (χ1) is 9.20. The number of rotatable bonds is 3. The van der Waals surface area contributed by atoms with Gasteiger partial charge in [0.1, 0.15) is 23.5 Å². The predicted molar refractivity (Wildman–Crippen MR) is 73.4 cm³/mol. The lowest BCUT2D eigenvalue weighted by molar-refractivity contribution is 0.304. The number of phenols is 1. The summed E-state index contributed by atoms with van der Waals surface area (Å²) in [5, 5.41) is 20.4. The zero-order valence-corrected chi connectivity index (χ0v) is 10.5. The summed E-state index contributed by atoms with van der Waals surface area (Å²) in [5.41, 5.74) is 1.61. The number of hydrogen-bond acceptors (Lipinski definition) is 5. The van der Waals surface area contributed by atoms with Crippen LogP contribution in [0.2, 0.25) is 0 Å². The fraction of sp³-hybridized carbons (Fsp3) is 0.231. The van der Waals surface area contributed by atoms with Gasteiger partial charge in [-0.1, -0.05) is 0 Å². The first-order valence-electron chi connectivity index (χ1n) is 5.98. The lowest BCUT2D eigenvalue weighted by Crippen LogP contribution is -2.22. The van der Waals surface area contributed by atoms with Gasteiger partial charge in [-0.05, 0) is 18.2 Å². The third-order valence-corrected chi connectivity index (χ3v) is 3.15. The number of aliphatic hydroxyl groups is 1. The molecule has 6 nitrogen and oxygen atoms in total. The number of anilines is 1. The fourth-order valence-electron chi connectivity index (χ4n) is 2.24. The smallest absolute Gasteiger partial charge is 0.143 e. The molecule has 0 aliphatic rings. The van der Waals surface area contributed by atoms with Gasteiger partial charge < -0.3 is 20.1 Å². The number of benzene rings is 1. The standard InChI is InChI=1S/C13H14N4O2/c1-17(4-5-18)13-11-9-6-8(19)2-3-10(9)16-12(11)14-7-15-13/h2-3,6-7,18-19H,4-5H2,1H3,(H,14,15,16). The molecular formula is C13H14N4O2. The van der Waals surface area contributed by atoms with Crippen LogP contribution in [0.4, 0.5) is 5.82 Å². The third kappa shape index (κ3) is 1.86. The average molecular weight is 258 g/mol. The summed E-state index contributed by atoms with van der Waals surface area (Å²) in [6.45, 7) is 0.535. The maximum Gasteiger partial charge on any atom is 0.143 e. The lowest BCUT2D eigenvalue weighted by Gasteiger charge is -2.17. The number of likely N-dealkylation sites (N-methyl/N-ethyl adjacent to an activating group) is 1. The Bertz CT molecular complexity index is 738. The van der Waals surface area contributed by atoms with Crippen molar-refractivity contribution in [3.63, 3.8) is 0 Å². The Hall–Kier alpha value is -2.34. The van der Waals surface area contributed by atoms with Gasteiger partial charge in [-0.15, -0.1) is 0 Å². The molecule has 0 aliphatic heterocycles. The van der Waals surface area contributed by atoms with Crippen LogP contribution in [0, 0.1) is 0 Å². The fourth-order valence-corrected chi connectivity index (χ4v) is 2.24. The average Bonchev–Trinajstić information content (AvgIpc) is 2.76. The quantitative estimate of drug-likeness (QED) is 0.658. The van der Waals surface area contributed by atoms with Gasteiger partial charge in [-0.3, -0.25) is 0 Å². The number of aromatic amines is 1. The van der Waals surface area contributed by atoms with E-state index < -0.39 is 0 Å². The maximum absolute atomic E-state index is 9.63. The van der Waals surface area contributed by atoms with E-state index in [2.05, 4.69) is 15.0 Å². The zero-order chi connectivity index (χ0) is 13.4. The molecule has 19 heavy (non-hydrogen) atoms. The van der Waals surface area contributed by atoms with E-state index in [9.17, 15) is 5.11 Å². The Labute approximate surface area is 109 Å². The van der Waals surface area contributed by atoms with Gasteiger partial charge in [0.2, 0.25) is 0 Å². The van der Waals surface area contributed by atoms with E-state index in [0.717, 1.165) is 27.8 Å². The number of fused-ring (bicyclic) bond motifs is 3. The van der Waals surface area contributed by atoms with Crippen molar-refractivity contribution in [1.29, 1.82) is 0 Å². The first kappa shape index (κ1) is 11.7. The van der Waals surface area contributed by atoms with E-state index >= 15 is 0 Å². The molecule has 0 radical (unpaired) electrons. The number of phenolic OH excluding ortho intramolecular Hbond substituents is 1. The number of aromatic nitrogens is 3. The highest BCUT2D eigenvalue weighted by atomic mass is 16.3. The summed E-state index contributed by atoms with van der Waals surface area (Å²) in [7, 11) is 1.86. The molecule has 1 aromatic carbocycles. The van der Waals surface area contributed by atoms with E-state index in [-0.39, 0.29) is 12.4 Å². The summed E-state index contributed by atoms with van der Waals surface area (Å²) in [5.74, 6) is 0.934. The summed E-state index contributed by atoms with van der Waals surface area (Å²) in [6.07, 6.45) is 1.49. The SMILES string of the molecule is CN(CCO)c1ncnc2[nH]c3ccc(O)cc3c12. The van der Waals surface area contributed by atoms with Crippen LogP contribution in [0.25, 0.3) is 21.9 Å². The Morgan fingerprint density at radius 1 is 1.32 bits per heavy atom. The van der Waals surface area contributed by atoms with Gasteiger partial charge in [0.15, 0.2) is 0 Å². The summed E-state index contributed by atoms with van der Waals surface area (Å²) < 4.78 is 0. The third-order valence-electron chi connectivity index (χ3n) is 3.15. The highest BCUT2D eigenvalue weighted by molar-refractivity contribution is 6.11. The van der Waals surface area contributed by atoms with Crippen LogP contribution in [0.3, 0.4) is 0 Å². The lowest BCUT2D eigenvalue weighted by atomic mass is 10.2. The largest absolute Gasteiger partial charge is 0.508 e. The second-order valence-corrected chi connectivity index (χ2v) is 4.42. The second-order valence-electron chi connectivity index (χ2n) is 4.42. The molecule has 0 bridgehead atoms. The minimum atomic E-state index is 0.0512. The second kappa shape index (κ2) is 4.40. The first-order valence-corrected chi connectivity index (χ1v) is 5.98. The number of H-pyrrole nitrogens is 1. The molecule has 0 fully saturated rings. The van der Waals surface area contributed by atoms with Crippen LogP contribution < -0.4 is 4.90 Å².